The van der Waals surface area contributed by atoms with Gasteiger partial charge in [-0.15, -0.1) is 0 Å². The number of nitrogens with zero attached hydrogens (tertiary/aromatic N) is 1. The Morgan fingerprint density at radius 2 is 2.14 bits per heavy atom. The first-order valence-electron chi connectivity index (χ1n) is 6.74. The fraction of sp³-hybridized carbons (Fsp3) is 0.333. The highest BCUT2D eigenvalue weighted by atomic mass is 16.5. The van der Waals surface area contributed by atoms with Crippen LogP contribution in [0.15, 0.2) is 30.3 Å². The molecule has 1 aromatic rings. The summed E-state index contributed by atoms with van der Waals surface area (Å²) in [5.74, 6) is -1.99. The zero-order chi connectivity index (χ0) is 16.4. The van der Waals surface area contributed by atoms with Crippen LogP contribution in [0.4, 0.5) is 4.79 Å². The van der Waals surface area contributed by atoms with Gasteiger partial charge in [0.2, 0.25) is 5.92 Å². The van der Waals surface area contributed by atoms with E-state index in [1.807, 2.05) is 35.6 Å². The number of nitrogens with one attached hydrogen (secondary N) is 2. The van der Waals surface area contributed by atoms with Gasteiger partial charge in [0.1, 0.15) is 6.61 Å². The molecular weight excluding hydrogens is 286 g/mol. The lowest BCUT2D eigenvalue weighted by molar-refractivity contribution is -0.510. The molecule has 0 fully saturated rings. The summed E-state index contributed by atoms with van der Waals surface area (Å²) in [6.07, 6.45) is 0.338. The number of carbonyl (C=O) groups excluding carboxylic acids is 2. The van der Waals surface area contributed by atoms with Crippen molar-refractivity contribution in [3.8, 4) is 6.07 Å². The monoisotopic (exact) mass is 304 g/mol. The Morgan fingerprint density at radius 3 is 2.68 bits per heavy atom. The number of aliphatic hydroxyl groups is 1. The van der Waals surface area contributed by atoms with Crippen LogP contribution in [0.2, 0.25) is 0 Å². The van der Waals surface area contributed by atoms with Crippen LogP contribution >= 0.6 is 0 Å². The van der Waals surface area contributed by atoms with Gasteiger partial charge in [-0.1, -0.05) is 30.3 Å². The van der Waals surface area contributed by atoms with Gasteiger partial charge in [-0.25, -0.2) is 9.79 Å². The zero-order valence-electron chi connectivity index (χ0n) is 12.2. The third-order valence-corrected chi connectivity index (χ3v) is 2.77. The predicted octanol–water partition coefficient (Wildman–Crippen LogP) is -0.716. The third kappa shape index (κ3) is 5.34. The van der Waals surface area contributed by atoms with Crippen molar-refractivity contribution >= 4 is 18.2 Å². The summed E-state index contributed by atoms with van der Waals surface area (Å²) in [6.45, 7) is 1.52. The Balaban J connectivity index is 2.73. The summed E-state index contributed by atoms with van der Waals surface area (Å²) in [7, 11) is 0. The van der Waals surface area contributed by atoms with Gasteiger partial charge in [0.15, 0.2) is 12.3 Å². The Labute approximate surface area is 128 Å². The number of nitriles is 1. The molecular formula is C15H18N3O4+. The first kappa shape index (κ1) is 17.3. The highest BCUT2D eigenvalue weighted by Crippen LogP contribution is 2.06. The average Bonchev–Trinajstić information content (AvgIpc) is 2.52. The molecule has 0 spiro atoms. The summed E-state index contributed by atoms with van der Waals surface area (Å²) >= 11 is 0. The van der Waals surface area contributed by atoms with E-state index in [1.54, 1.807) is 13.0 Å². The number of ether oxygens (including phenoxy) is 1. The largest absolute Gasteiger partial charge is 0.450 e. The van der Waals surface area contributed by atoms with E-state index in [0.717, 1.165) is 5.56 Å². The molecule has 0 bridgehead atoms. The fourth-order valence-corrected chi connectivity index (χ4v) is 1.67. The van der Waals surface area contributed by atoms with Gasteiger partial charge in [-0.05, 0) is 6.92 Å². The van der Waals surface area contributed by atoms with Crippen LogP contribution < -0.4 is 10.3 Å². The van der Waals surface area contributed by atoms with E-state index in [2.05, 4.69) is 9.73 Å². The normalized spacial score (nSPS) is 13.1. The molecule has 1 aromatic carbocycles. The lowest BCUT2D eigenvalue weighted by atomic mass is 10.1. The lowest BCUT2D eigenvalue weighted by Crippen LogP contribution is -2.73. The quantitative estimate of drug-likeness (QED) is 0.600. The summed E-state index contributed by atoms with van der Waals surface area (Å²) in [5, 5.41) is 20.3. The lowest BCUT2D eigenvalue weighted by Gasteiger charge is -2.06. The van der Waals surface area contributed by atoms with Gasteiger partial charge in [-0.2, -0.15) is 5.26 Å². The van der Waals surface area contributed by atoms with Crippen LogP contribution in [0.5, 0.6) is 0 Å². The van der Waals surface area contributed by atoms with Gasteiger partial charge >= 0.3 is 6.09 Å². The van der Waals surface area contributed by atoms with Gasteiger partial charge < -0.3 is 9.84 Å². The van der Waals surface area contributed by atoms with Crippen molar-refractivity contribution in [3.05, 3.63) is 35.9 Å². The van der Waals surface area contributed by atoms with Crippen LogP contribution in [-0.2, 0) is 9.53 Å². The summed E-state index contributed by atoms with van der Waals surface area (Å²) in [4.78, 5) is 25.7. The first-order chi connectivity index (χ1) is 10.6. The minimum atomic E-state index is -1.19. The Kier molecular flexibility index (Phi) is 7.29. The average molecular weight is 304 g/mol. The molecule has 0 aliphatic carbocycles. The SMILES string of the molecule is CCOC(=O)NC(=O)[C@@H](C#N)C=[NH+][C@@H](CO)c1ccccc1. The molecule has 0 radical (unpaired) electrons. The van der Waals surface area contributed by atoms with Crippen molar-refractivity contribution in [2.24, 2.45) is 5.92 Å². The molecule has 0 heterocycles. The molecule has 1 rings (SSSR count). The molecule has 7 heteroatoms. The summed E-state index contributed by atoms with van der Waals surface area (Å²) in [6, 6.07) is 10.4. The number of alkyl carbamates (subject to hydrolysis) is 1. The van der Waals surface area contributed by atoms with Crippen molar-refractivity contribution < 1.29 is 24.4 Å². The van der Waals surface area contributed by atoms with Crippen molar-refractivity contribution in [2.75, 3.05) is 13.2 Å². The van der Waals surface area contributed by atoms with Gasteiger partial charge in [0, 0.05) is 5.56 Å². The maximum atomic E-state index is 11.7. The predicted molar refractivity (Wildman–Crippen MR) is 77.6 cm³/mol. The van der Waals surface area contributed by atoms with Crippen molar-refractivity contribution in [1.29, 1.82) is 5.26 Å². The van der Waals surface area contributed by atoms with E-state index in [1.165, 1.54) is 6.21 Å². The number of amides is 2. The standard InChI is InChI=1S/C15H17N3O4/c1-2-22-15(21)18-14(20)12(8-16)9-17-13(10-19)11-6-4-3-5-7-11/h3-7,9,12-13,19H,2,10H2,1H3,(H,18,20,21)/p+1/t12-,13-/m0/s1. The Hall–Kier alpha value is -2.72. The van der Waals surface area contributed by atoms with E-state index in [-0.39, 0.29) is 13.2 Å². The van der Waals surface area contributed by atoms with E-state index in [9.17, 15) is 14.7 Å². The molecule has 116 valence electrons. The Bertz CT molecular complexity index is 566. The highest BCUT2D eigenvalue weighted by Gasteiger charge is 2.23. The maximum absolute atomic E-state index is 11.7. The van der Waals surface area contributed by atoms with Crippen molar-refractivity contribution in [2.45, 2.75) is 13.0 Å². The van der Waals surface area contributed by atoms with E-state index < -0.39 is 24.0 Å². The number of aliphatic hydroxyl groups excluding tert-OH is 1. The van der Waals surface area contributed by atoms with Crippen molar-refractivity contribution in [1.82, 2.24) is 5.32 Å². The number of carbonyl (C=O) groups is 2. The van der Waals surface area contributed by atoms with E-state index in [0.29, 0.717) is 0 Å². The highest BCUT2D eigenvalue weighted by molar-refractivity contribution is 6.01. The van der Waals surface area contributed by atoms with Crippen LogP contribution in [-0.4, -0.2) is 36.5 Å². The molecule has 0 unspecified atom stereocenters. The van der Waals surface area contributed by atoms with Crippen LogP contribution in [0.1, 0.15) is 18.5 Å². The van der Waals surface area contributed by atoms with Crippen LogP contribution in [0, 0.1) is 17.2 Å². The molecule has 0 saturated heterocycles. The van der Waals surface area contributed by atoms with E-state index >= 15 is 0 Å². The van der Waals surface area contributed by atoms with Crippen LogP contribution in [0.3, 0.4) is 0 Å². The second-order valence-corrected chi connectivity index (χ2v) is 4.30. The first-order valence-corrected chi connectivity index (χ1v) is 6.74. The van der Waals surface area contributed by atoms with Gasteiger partial charge in [0.05, 0.1) is 12.7 Å². The fourth-order valence-electron chi connectivity index (χ4n) is 1.67. The zero-order valence-corrected chi connectivity index (χ0v) is 12.2. The molecule has 2 amide bonds. The van der Waals surface area contributed by atoms with Gasteiger partial charge in [0.25, 0.3) is 5.91 Å². The molecule has 0 saturated carbocycles. The smallest absolute Gasteiger partial charge is 0.413 e. The maximum Gasteiger partial charge on any atom is 0.413 e. The van der Waals surface area contributed by atoms with Crippen LogP contribution in [0.25, 0.3) is 0 Å². The molecule has 2 atom stereocenters. The molecule has 0 aliphatic heterocycles. The molecule has 22 heavy (non-hydrogen) atoms. The number of benzene rings is 1. The molecule has 7 nitrogen and oxygen atoms in total. The minimum absolute atomic E-state index is 0.124. The number of hydrogen-bond acceptors (Lipinski definition) is 5. The number of rotatable bonds is 6. The topological polar surface area (TPSA) is 113 Å². The van der Waals surface area contributed by atoms with Gasteiger partial charge in [-0.3, -0.25) is 10.1 Å². The second-order valence-electron chi connectivity index (χ2n) is 4.30. The van der Waals surface area contributed by atoms with Crippen molar-refractivity contribution in [3.63, 3.8) is 0 Å². The summed E-state index contributed by atoms with van der Waals surface area (Å²) < 4.78 is 4.57. The Morgan fingerprint density at radius 1 is 1.45 bits per heavy atom. The molecule has 0 aromatic heterocycles. The number of imide groups is 1. The second kappa shape index (κ2) is 9.26. The summed E-state index contributed by atoms with van der Waals surface area (Å²) in [5.41, 5.74) is 0.809. The molecule has 0 aliphatic rings. The van der Waals surface area contributed by atoms with E-state index in [4.69, 9.17) is 5.26 Å². The number of hydrogen-bond donors (Lipinski definition) is 3. The third-order valence-electron chi connectivity index (χ3n) is 2.77. The minimum Gasteiger partial charge on any atom is -0.450 e. The molecule has 3 N–H and O–H groups in total.